The lowest BCUT2D eigenvalue weighted by Gasteiger charge is -2.35. The third kappa shape index (κ3) is 4.69. The smallest absolute Gasteiger partial charge is 0.338 e. The van der Waals surface area contributed by atoms with Crippen molar-refractivity contribution in [1.82, 2.24) is 14.4 Å². The number of halogens is 4. The molecule has 0 bridgehead atoms. The lowest BCUT2D eigenvalue weighted by atomic mass is 10.1. The van der Waals surface area contributed by atoms with Gasteiger partial charge < -0.3 is 14.4 Å². The standard InChI is InChI=1S/C20H19F4N3O3/c1-13-2-3-14(10-16(13)21)19(30)26-8-6-25(7-9-26)18(29)12-27-11-15(20(22,23)24)4-5-17(27)28/h2-5,10-11H,6-9,12H2,1H3. The van der Waals surface area contributed by atoms with E-state index in [1.54, 1.807) is 6.92 Å². The van der Waals surface area contributed by atoms with Gasteiger partial charge in [0.2, 0.25) is 5.91 Å². The van der Waals surface area contributed by atoms with Crippen molar-refractivity contribution in [3.63, 3.8) is 0 Å². The number of aryl methyl sites for hydroxylation is 1. The normalized spacial score (nSPS) is 14.7. The molecular weight excluding hydrogens is 406 g/mol. The maximum atomic E-state index is 13.7. The number of pyridine rings is 1. The van der Waals surface area contributed by atoms with Crippen LogP contribution in [0.4, 0.5) is 17.6 Å². The van der Waals surface area contributed by atoms with Gasteiger partial charge in [0, 0.05) is 44.0 Å². The number of alkyl halides is 3. The summed E-state index contributed by atoms with van der Waals surface area (Å²) in [5, 5.41) is 0. The molecule has 1 fully saturated rings. The summed E-state index contributed by atoms with van der Waals surface area (Å²) in [4.78, 5) is 39.6. The first kappa shape index (κ1) is 21.5. The summed E-state index contributed by atoms with van der Waals surface area (Å²) in [5.74, 6) is -1.37. The molecule has 1 aliphatic rings. The Kier molecular flexibility index (Phi) is 5.95. The highest BCUT2D eigenvalue weighted by Crippen LogP contribution is 2.28. The fourth-order valence-electron chi connectivity index (χ4n) is 3.14. The molecule has 2 heterocycles. The number of hydrogen-bond donors (Lipinski definition) is 0. The van der Waals surface area contributed by atoms with Crippen molar-refractivity contribution in [2.45, 2.75) is 19.6 Å². The van der Waals surface area contributed by atoms with Gasteiger partial charge in [0.05, 0.1) is 5.56 Å². The number of aromatic nitrogens is 1. The van der Waals surface area contributed by atoms with E-state index in [4.69, 9.17) is 0 Å². The molecule has 1 aromatic carbocycles. The minimum absolute atomic E-state index is 0.159. The van der Waals surface area contributed by atoms with E-state index in [-0.39, 0.29) is 37.6 Å². The fourth-order valence-corrected chi connectivity index (χ4v) is 3.14. The molecule has 1 saturated heterocycles. The van der Waals surface area contributed by atoms with Crippen LogP contribution < -0.4 is 5.56 Å². The highest BCUT2D eigenvalue weighted by molar-refractivity contribution is 5.94. The summed E-state index contributed by atoms with van der Waals surface area (Å²) in [7, 11) is 0. The van der Waals surface area contributed by atoms with Gasteiger partial charge >= 0.3 is 6.18 Å². The van der Waals surface area contributed by atoms with E-state index in [9.17, 15) is 31.9 Å². The number of carbonyl (C=O) groups excluding carboxylic acids is 2. The molecule has 2 aromatic rings. The van der Waals surface area contributed by atoms with Gasteiger partial charge in [-0.25, -0.2) is 4.39 Å². The zero-order valence-electron chi connectivity index (χ0n) is 16.1. The maximum absolute atomic E-state index is 13.7. The van der Waals surface area contributed by atoms with Crippen molar-refractivity contribution in [2.75, 3.05) is 26.2 Å². The minimum Gasteiger partial charge on any atom is -0.338 e. The molecule has 0 radical (unpaired) electrons. The van der Waals surface area contributed by atoms with Crippen LogP contribution >= 0.6 is 0 Å². The maximum Gasteiger partial charge on any atom is 0.417 e. The summed E-state index contributed by atoms with van der Waals surface area (Å²) in [6.45, 7) is 1.76. The molecule has 6 nitrogen and oxygen atoms in total. The van der Waals surface area contributed by atoms with Crippen LogP contribution in [0.2, 0.25) is 0 Å². The lowest BCUT2D eigenvalue weighted by Crippen LogP contribution is -2.51. The lowest BCUT2D eigenvalue weighted by molar-refractivity contribution is -0.139. The van der Waals surface area contributed by atoms with Gasteiger partial charge in [-0.15, -0.1) is 0 Å². The fraction of sp³-hybridized carbons (Fsp3) is 0.350. The van der Waals surface area contributed by atoms with Gasteiger partial charge in [-0.3, -0.25) is 14.4 Å². The third-order valence-electron chi connectivity index (χ3n) is 4.95. The molecule has 0 N–H and O–H groups in total. The van der Waals surface area contributed by atoms with Crippen LogP contribution in [-0.4, -0.2) is 52.4 Å². The number of piperazine rings is 1. The largest absolute Gasteiger partial charge is 0.417 e. The van der Waals surface area contributed by atoms with Crippen molar-refractivity contribution in [3.05, 3.63) is 69.4 Å². The van der Waals surface area contributed by atoms with Crippen LogP contribution in [0.1, 0.15) is 21.5 Å². The molecule has 1 aliphatic heterocycles. The van der Waals surface area contributed by atoms with Crippen molar-refractivity contribution in [2.24, 2.45) is 0 Å². The third-order valence-corrected chi connectivity index (χ3v) is 4.95. The number of amides is 2. The van der Waals surface area contributed by atoms with E-state index in [0.29, 0.717) is 17.8 Å². The molecule has 1 aromatic heterocycles. The number of benzene rings is 1. The molecule has 0 unspecified atom stereocenters. The van der Waals surface area contributed by atoms with Crippen LogP contribution in [0.15, 0.2) is 41.3 Å². The molecule has 2 amide bonds. The molecule has 0 saturated carbocycles. The Balaban J connectivity index is 1.62. The Morgan fingerprint density at radius 3 is 2.23 bits per heavy atom. The second kappa shape index (κ2) is 8.29. The second-order valence-corrected chi connectivity index (χ2v) is 7.02. The Bertz CT molecular complexity index is 1020. The topological polar surface area (TPSA) is 62.6 Å². The van der Waals surface area contributed by atoms with Crippen LogP contribution in [0.3, 0.4) is 0 Å². The van der Waals surface area contributed by atoms with Gasteiger partial charge in [-0.05, 0) is 30.7 Å². The highest BCUT2D eigenvalue weighted by atomic mass is 19.4. The van der Waals surface area contributed by atoms with E-state index >= 15 is 0 Å². The Labute approximate surface area is 169 Å². The van der Waals surface area contributed by atoms with Crippen molar-refractivity contribution >= 4 is 11.8 Å². The minimum atomic E-state index is -4.63. The Hall–Kier alpha value is -3.17. The van der Waals surface area contributed by atoms with E-state index in [1.807, 2.05) is 0 Å². The van der Waals surface area contributed by atoms with Gasteiger partial charge in [0.1, 0.15) is 12.4 Å². The van der Waals surface area contributed by atoms with Crippen LogP contribution in [0.25, 0.3) is 0 Å². The summed E-state index contributed by atoms with van der Waals surface area (Å²) >= 11 is 0. The highest BCUT2D eigenvalue weighted by Gasteiger charge is 2.31. The Morgan fingerprint density at radius 2 is 1.63 bits per heavy atom. The molecule has 30 heavy (non-hydrogen) atoms. The molecule has 0 spiro atoms. The molecule has 0 aliphatic carbocycles. The molecule has 160 valence electrons. The number of nitrogens with zero attached hydrogens (tertiary/aromatic N) is 3. The summed E-state index contributed by atoms with van der Waals surface area (Å²) in [6, 6.07) is 5.64. The van der Waals surface area contributed by atoms with Crippen molar-refractivity contribution in [3.8, 4) is 0 Å². The average molecular weight is 425 g/mol. The van der Waals surface area contributed by atoms with Gasteiger partial charge in [-0.2, -0.15) is 13.2 Å². The first-order valence-electron chi connectivity index (χ1n) is 9.17. The van der Waals surface area contributed by atoms with Gasteiger partial charge in [0.15, 0.2) is 0 Å². The van der Waals surface area contributed by atoms with Crippen molar-refractivity contribution < 1.29 is 27.2 Å². The van der Waals surface area contributed by atoms with Gasteiger partial charge in [-0.1, -0.05) is 6.07 Å². The summed E-state index contributed by atoms with van der Waals surface area (Å²) < 4.78 is 52.9. The monoisotopic (exact) mass is 425 g/mol. The second-order valence-electron chi connectivity index (χ2n) is 7.02. The number of hydrogen-bond acceptors (Lipinski definition) is 3. The van der Waals surface area contributed by atoms with E-state index in [0.717, 1.165) is 16.7 Å². The summed E-state index contributed by atoms with van der Waals surface area (Å²) in [5.41, 5.74) is -1.11. The predicted octanol–water partition coefficient (Wildman–Crippen LogP) is 2.30. The van der Waals surface area contributed by atoms with Crippen LogP contribution in [0.5, 0.6) is 0 Å². The molecule has 10 heteroatoms. The molecule has 0 atom stereocenters. The number of carbonyl (C=O) groups is 2. The number of rotatable bonds is 3. The van der Waals surface area contributed by atoms with E-state index < -0.39 is 35.6 Å². The van der Waals surface area contributed by atoms with E-state index in [1.165, 1.54) is 21.9 Å². The van der Waals surface area contributed by atoms with Crippen molar-refractivity contribution in [1.29, 1.82) is 0 Å². The summed E-state index contributed by atoms with van der Waals surface area (Å²) in [6.07, 6.45) is -4.01. The molecule has 3 rings (SSSR count). The molecular formula is C20H19F4N3O3. The predicted molar refractivity (Wildman–Crippen MR) is 99.3 cm³/mol. The zero-order chi connectivity index (χ0) is 22.1. The van der Waals surface area contributed by atoms with Gasteiger partial charge in [0.25, 0.3) is 11.5 Å². The van der Waals surface area contributed by atoms with E-state index in [2.05, 4.69) is 0 Å². The average Bonchev–Trinajstić information content (AvgIpc) is 2.70. The first-order chi connectivity index (χ1) is 14.1. The SMILES string of the molecule is Cc1ccc(C(=O)N2CCN(C(=O)Cn3cc(C(F)(F)F)ccc3=O)CC2)cc1F. The quantitative estimate of drug-likeness (QED) is 0.709. The zero-order valence-corrected chi connectivity index (χ0v) is 16.1. The first-order valence-corrected chi connectivity index (χ1v) is 9.17. The van der Waals surface area contributed by atoms with Crippen LogP contribution in [-0.2, 0) is 17.5 Å². The van der Waals surface area contributed by atoms with Crippen LogP contribution in [0, 0.1) is 12.7 Å². The Morgan fingerprint density at radius 1 is 1.00 bits per heavy atom.